The van der Waals surface area contributed by atoms with Gasteiger partial charge in [0.25, 0.3) is 11.8 Å². The van der Waals surface area contributed by atoms with Gasteiger partial charge in [-0.1, -0.05) is 26.2 Å². The molecule has 3 saturated carbocycles. The molecule has 0 aliphatic heterocycles. The van der Waals surface area contributed by atoms with Gasteiger partial charge in [-0.05, 0) is 125 Å². The van der Waals surface area contributed by atoms with Crippen molar-refractivity contribution in [2.45, 2.75) is 103 Å². The maximum Gasteiger partial charge on any atom is 0.274 e. The minimum absolute atomic E-state index is 0.174. The van der Waals surface area contributed by atoms with E-state index < -0.39 is 0 Å². The molecular weight excluding hydrogens is 681 g/mol. The molecule has 54 heavy (non-hydrogen) atoms. The van der Waals surface area contributed by atoms with Crippen LogP contribution in [0.4, 0.5) is 23.0 Å². The fourth-order valence-corrected chi connectivity index (χ4v) is 7.46. The first kappa shape index (κ1) is 38.5. The van der Waals surface area contributed by atoms with Gasteiger partial charge in [-0.2, -0.15) is 0 Å². The quantitative estimate of drug-likeness (QED) is 0.118. The highest BCUT2D eigenvalue weighted by atomic mass is 16.3. The summed E-state index contributed by atoms with van der Waals surface area (Å²) in [7, 11) is 2.04. The van der Waals surface area contributed by atoms with E-state index in [1.54, 1.807) is 42.5 Å². The van der Waals surface area contributed by atoms with Crippen LogP contribution < -0.4 is 20.4 Å². The maximum absolute atomic E-state index is 12.8. The molecule has 12 heteroatoms. The lowest BCUT2D eigenvalue weighted by molar-refractivity contribution is 0.101. The van der Waals surface area contributed by atoms with Crippen LogP contribution in [0, 0.1) is 25.7 Å². The Balaban J connectivity index is 0.000000185. The highest BCUT2D eigenvalue weighted by molar-refractivity contribution is 6.04. The van der Waals surface area contributed by atoms with E-state index in [0.29, 0.717) is 34.8 Å². The number of nitrogens with one attached hydrogen (secondary N) is 2. The van der Waals surface area contributed by atoms with Crippen LogP contribution >= 0.6 is 0 Å². The molecule has 3 aliphatic rings. The summed E-state index contributed by atoms with van der Waals surface area (Å²) in [6.45, 7) is 7.01. The van der Waals surface area contributed by atoms with Gasteiger partial charge >= 0.3 is 0 Å². The topological polar surface area (TPSA) is 157 Å². The normalized spacial score (nSPS) is 18.5. The summed E-state index contributed by atoms with van der Waals surface area (Å²) in [4.78, 5) is 47.1. The van der Waals surface area contributed by atoms with E-state index in [-0.39, 0.29) is 23.3 Å². The van der Waals surface area contributed by atoms with Crippen molar-refractivity contribution in [3.63, 3.8) is 0 Å². The highest BCUT2D eigenvalue weighted by Crippen LogP contribution is 2.35. The third-order valence-corrected chi connectivity index (χ3v) is 11.0. The average molecular weight is 735 g/mol. The van der Waals surface area contributed by atoms with Gasteiger partial charge in [0.05, 0.1) is 0 Å². The van der Waals surface area contributed by atoms with Gasteiger partial charge in [0.2, 0.25) is 0 Å². The van der Waals surface area contributed by atoms with Gasteiger partial charge in [0.1, 0.15) is 47.2 Å². The Morgan fingerprint density at radius 3 is 1.70 bits per heavy atom. The number of amides is 2. The zero-order valence-electron chi connectivity index (χ0n) is 32.0. The van der Waals surface area contributed by atoms with Crippen LogP contribution in [-0.2, 0) is 0 Å². The van der Waals surface area contributed by atoms with E-state index in [1.807, 2.05) is 27.0 Å². The van der Waals surface area contributed by atoms with Gasteiger partial charge in [-0.3, -0.25) is 9.59 Å². The fourth-order valence-electron chi connectivity index (χ4n) is 7.46. The number of carbonyl (C=O) groups excluding carboxylic acids is 2. The molecule has 0 unspecified atom stereocenters. The minimum Gasteiger partial charge on any atom is -0.508 e. The third-order valence-electron chi connectivity index (χ3n) is 11.0. The van der Waals surface area contributed by atoms with Gasteiger partial charge in [0.15, 0.2) is 0 Å². The number of rotatable bonds is 10. The molecule has 0 atom stereocenters. The summed E-state index contributed by atoms with van der Waals surface area (Å²) < 4.78 is 0. The summed E-state index contributed by atoms with van der Waals surface area (Å²) in [6.07, 6.45) is 16.5. The van der Waals surface area contributed by atoms with Gasteiger partial charge in [-0.15, -0.1) is 0 Å². The minimum atomic E-state index is -0.284. The van der Waals surface area contributed by atoms with E-state index >= 15 is 0 Å². The smallest absolute Gasteiger partial charge is 0.274 e. The van der Waals surface area contributed by atoms with Crippen molar-refractivity contribution < 1.29 is 19.8 Å². The Labute approximate surface area is 318 Å². The predicted octanol–water partition coefficient (Wildman–Crippen LogP) is 8.05. The number of aromatic hydroxyl groups is 2. The number of hydrogen-bond donors (Lipinski definition) is 4. The number of anilines is 4. The molecule has 0 saturated heterocycles. The van der Waals surface area contributed by atoms with Crippen LogP contribution in [-0.4, -0.2) is 67.6 Å². The summed E-state index contributed by atoms with van der Waals surface area (Å²) in [5.74, 6) is 3.00. The largest absolute Gasteiger partial charge is 0.508 e. The van der Waals surface area contributed by atoms with Crippen LogP contribution in [0.2, 0.25) is 0 Å². The van der Waals surface area contributed by atoms with Crippen molar-refractivity contribution in [2.24, 2.45) is 11.8 Å². The van der Waals surface area contributed by atoms with Crippen molar-refractivity contribution in [2.75, 3.05) is 34.0 Å². The van der Waals surface area contributed by atoms with Crippen LogP contribution in [0.15, 0.2) is 61.2 Å². The van der Waals surface area contributed by atoms with Gasteiger partial charge in [0, 0.05) is 49.2 Å². The first-order valence-corrected chi connectivity index (χ1v) is 19.4. The van der Waals surface area contributed by atoms with Crippen molar-refractivity contribution in [1.82, 2.24) is 19.9 Å². The first-order chi connectivity index (χ1) is 26.0. The lowest BCUT2D eigenvalue weighted by Gasteiger charge is -2.35. The Morgan fingerprint density at radius 2 is 1.19 bits per heavy atom. The number of carbonyl (C=O) groups is 2. The molecule has 2 aromatic carbocycles. The van der Waals surface area contributed by atoms with E-state index in [4.69, 9.17) is 0 Å². The Morgan fingerprint density at radius 1 is 0.667 bits per heavy atom. The number of aromatic nitrogens is 4. The molecule has 4 aromatic rings. The number of aryl methyl sites for hydroxylation is 2. The SMILES string of the molecule is Cc1cc(O)ccc1NC(=O)c1cc(N(C)C2CCC(C)CC2)ncn1.Cc1cc(O)ccc1NC(=O)c1cc(N(CC2CC2)C2CCCCC2)ncn1. The molecule has 3 fully saturated rings. The number of nitrogens with zero attached hydrogens (tertiary/aromatic N) is 6. The average Bonchev–Trinajstić information content (AvgIpc) is 4.01. The van der Waals surface area contributed by atoms with Crippen LogP contribution in [0.5, 0.6) is 11.5 Å². The first-order valence-electron chi connectivity index (χ1n) is 19.4. The second-order valence-electron chi connectivity index (χ2n) is 15.3. The summed E-state index contributed by atoms with van der Waals surface area (Å²) in [5.41, 5.74) is 3.63. The van der Waals surface area contributed by atoms with Crippen LogP contribution in [0.25, 0.3) is 0 Å². The molecular formula is C42H54N8O4. The lowest BCUT2D eigenvalue weighted by Crippen LogP contribution is -2.39. The molecule has 0 radical (unpaired) electrons. The zero-order chi connectivity index (χ0) is 38.2. The molecule has 7 rings (SSSR count). The van der Waals surface area contributed by atoms with E-state index in [2.05, 4.69) is 47.3 Å². The number of benzene rings is 2. The number of hydrogen-bond acceptors (Lipinski definition) is 10. The Bertz CT molecular complexity index is 1900. The van der Waals surface area contributed by atoms with Crippen molar-refractivity contribution in [1.29, 1.82) is 0 Å². The Hall–Kier alpha value is -5.26. The predicted molar refractivity (Wildman–Crippen MR) is 212 cm³/mol. The van der Waals surface area contributed by atoms with Gasteiger partial charge in [-0.25, -0.2) is 19.9 Å². The van der Waals surface area contributed by atoms with E-state index in [0.717, 1.165) is 54.0 Å². The van der Waals surface area contributed by atoms with E-state index in [9.17, 15) is 19.8 Å². The molecule has 3 aliphatic carbocycles. The van der Waals surface area contributed by atoms with Crippen molar-refractivity contribution in [3.8, 4) is 11.5 Å². The third kappa shape index (κ3) is 10.2. The molecule has 12 nitrogen and oxygen atoms in total. The molecule has 286 valence electrons. The molecule has 4 N–H and O–H groups in total. The number of phenols is 2. The summed E-state index contributed by atoms with van der Waals surface area (Å²) in [5, 5.41) is 24.8. The van der Waals surface area contributed by atoms with Crippen LogP contribution in [0.1, 0.15) is 110 Å². The number of phenolic OH excluding ortho intramolecular Hbond substituents is 2. The lowest BCUT2D eigenvalue weighted by atomic mass is 9.87. The zero-order valence-corrected chi connectivity index (χ0v) is 32.0. The van der Waals surface area contributed by atoms with E-state index in [1.165, 1.54) is 70.4 Å². The van der Waals surface area contributed by atoms with Crippen molar-refractivity contribution in [3.05, 3.63) is 83.7 Å². The Kier molecular flexibility index (Phi) is 12.6. The standard InChI is InChI=1S/C22H28N4O2.C20H26N4O2/c1-15-11-18(27)9-10-19(15)25-22(28)20-12-21(24-14-23-20)26(13-16-7-8-16)17-5-3-2-4-6-17;1-13-4-6-15(7-5-13)24(3)19-11-18(21-12-22-19)20(26)23-17-9-8-16(25)10-14(17)2/h9-12,14,16-17,27H,2-8,13H2,1H3,(H,25,28);8-13,15,25H,4-7H2,1-3H3,(H,23,26). The van der Waals surface area contributed by atoms with Crippen molar-refractivity contribution >= 4 is 34.8 Å². The molecule has 2 heterocycles. The second kappa shape index (κ2) is 17.7. The maximum atomic E-state index is 12.8. The molecule has 2 amide bonds. The highest BCUT2D eigenvalue weighted by Gasteiger charge is 2.30. The summed E-state index contributed by atoms with van der Waals surface area (Å²) >= 11 is 0. The monoisotopic (exact) mass is 734 g/mol. The van der Waals surface area contributed by atoms with Gasteiger partial charge < -0.3 is 30.6 Å². The molecule has 0 spiro atoms. The second-order valence-corrected chi connectivity index (χ2v) is 15.3. The fraction of sp³-hybridized carbons (Fsp3) is 0.476. The van der Waals surface area contributed by atoms with Crippen LogP contribution in [0.3, 0.4) is 0 Å². The summed E-state index contributed by atoms with van der Waals surface area (Å²) in [6, 6.07) is 14.3. The molecule has 0 bridgehead atoms. The molecule has 2 aromatic heterocycles.